The molecule has 1 aliphatic carbocycles. The number of rotatable bonds is 13. The Labute approximate surface area is 283 Å². The van der Waals surface area contributed by atoms with Crippen molar-refractivity contribution in [1.82, 2.24) is 4.98 Å². The number of hydrogen-bond acceptors (Lipinski definition) is 9. The van der Waals surface area contributed by atoms with Gasteiger partial charge in [-0.1, -0.05) is 28.0 Å². The number of anilines is 2. The maximum atomic E-state index is 15.3. The van der Waals surface area contributed by atoms with Crippen molar-refractivity contribution in [3.63, 3.8) is 0 Å². The molecule has 4 aromatic rings. The summed E-state index contributed by atoms with van der Waals surface area (Å²) in [6, 6.07) is 13.9. The molecule has 2 N–H and O–H groups in total. The van der Waals surface area contributed by atoms with E-state index in [1.165, 1.54) is 61.9 Å². The number of methoxy groups -OCH3 is 1. The second-order valence-corrected chi connectivity index (χ2v) is 14.4. The van der Waals surface area contributed by atoms with Gasteiger partial charge in [-0.05, 0) is 80.6 Å². The molecule has 6 rings (SSSR count). The van der Waals surface area contributed by atoms with Crippen LogP contribution in [0, 0.1) is 17.0 Å². The van der Waals surface area contributed by atoms with Crippen molar-refractivity contribution in [3.05, 3.63) is 78.5 Å². The number of carbonyl (C=O) groups excluding carboxylic acids is 3. The van der Waals surface area contributed by atoms with E-state index in [2.05, 4.69) is 15.6 Å². The topological polar surface area (TPSA) is 116 Å². The first-order valence-electron chi connectivity index (χ1n) is 15.6. The molecule has 1 unspecified atom stereocenters. The summed E-state index contributed by atoms with van der Waals surface area (Å²) in [5.74, 6) is -0.753. The average molecular weight is 694 g/mol. The molecule has 2 heterocycles. The smallest absolute Gasteiger partial charge is 0.311 e. The third-order valence-electron chi connectivity index (χ3n) is 8.23. The van der Waals surface area contributed by atoms with E-state index in [0.717, 1.165) is 25.3 Å². The molecule has 0 spiro atoms. The second-order valence-electron chi connectivity index (χ2n) is 11.6. The summed E-state index contributed by atoms with van der Waals surface area (Å²) in [6.07, 6.45) is 6.46. The molecule has 2 fully saturated rings. The number of unbranched alkanes of at least 4 members (excludes halogenated alkanes) is 1. The molecule has 9 nitrogen and oxygen atoms in total. The predicted molar refractivity (Wildman–Crippen MR) is 183 cm³/mol. The summed E-state index contributed by atoms with van der Waals surface area (Å²) in [6.45, 7) is 0. The monoisotopic (exact) mass is 693 g/mol. The second kappa shape index (κ2) is 14.8. The van der Waals surface area contributed by atoms with Crippen LogP contribution < -0.4 is 24.8 Å². The minimum atomic E-state index is -1.30. The van der Waals surface area contributed by atoms with Crippen LogP contribution in [0.2, 0.25) is 0 Å². The summed E-state index contributed by atoms with van der Waals surface area (Å²) in [7, 11) is 5.29. The van der Waals surface area contributed by atoms with E-state index in [0.29, 0.717) is 46.9 Å². The standard InChI is InChI=1S/C35H33F2N3O6S2/c1-44-30-19-25-27(20-31(30)46-32(41)5-3-2-4-24-13-17-47-48-24)38-16-12-28(25)45-29-11-10-23(18-26(29)37)40-34(43)35(14-15-35)33(42)39-22-8-6-21(36)7-9-22/h6-12,16,18-20,24H,2-5,13-15,17H2,1H3,(H,39,42)(H,40,43). The summed E-state index contributed by atoms with van der Waals surface area (Å²) >= 11 is 0. The van der Waals surface area contributed by atoms with Crippen LogP contribution in [-0.4, -0.2) is 40.9 Å². The van der Waals surface area contributed by atoms with Gasteiger partial charge in [-0.2, -0.15) is 0 Å². The molecule has 1 saturated heterocycles. The lowest BCUT2D eigenvalue weighted by Gasteiger charge is -2.16. The quantitative estimate of drug-likeness (QED) is 0.0469. The zero-order chi connectivity index (χ0) is 33.7. The number of esters is 1. The van der Waals surface area contributed by atoms with E-state index in [-0.39, 0.29) is 28.9 Å². The molecule has 0 radical (unpaired) electrons. The van der Waals surface area contributed by atoms with Gasteiger partial charge in [-0.3, -0.25) is 19.4 Å². The van der Waals surface area contributed by atoms with E-state index >= 15 is 4.39 Å². The average Bonchev–Trinajstić information content (AvgIpc) is 3.74. The lowest BCUT2D eigenvalue weighted by atomic mass is 10.0. The zero-order valence-corrected chi connectivity index (χ0v) is 27.7. The van der Waals surface area contributed by atoms with Crippen LogP contribution in [0.1, 0.15) is 44.9 Å². The van der Waals surface area contributed by atoms with Gasteiger partial charge in [0, 0.05) is 52.5 Å². The summed E-state index contributed by atoms with van der Waals surface area (Å²) < 4.78 is 45.5. The van der Waals surface area contributed by atoms with Gasteiger partial charge in [0.25, 0.3) is 0 Å². The Morgan fingerprint density at radius 2 is 1.65 bits per heavy atom. The lowest BCUT2D eigenvalue weighted by Crippen LogP contribution is -2.35. The van der Waals surface area contributed by atoms with Gasteiger partial charge in [-0.15, -0.1) is 0 Å². The molecule has 1 atom stereocenters. The maximum Gasteiger partial charge on any atom is 0.311 e. The van der Waals surface area contributed by atoms with Crippen molar-refractivity contribution in [1.29, 1.82) is 0 Å². The molecule has 1 saturated carbocycles. The Morgan fingerprint density at radius 1 is 0.896 bits per heavy atom. The van der Waals surface area contributed by atoms with Crippen molar-refractivity contribution in [2.75, 3.05) is 23.5 Å². The van der Waals surface area contributed by atoms with Crippen LogP contribution in [0.3, 0.4) is 0 Å². The third kappa shape index (κ3) is 7.84. The molecule has 1 aliphatic heterocycles. The van der Waals surface area contributed by atoms with Crippen molar-refractivity contribution >= 4 is 61.6 Å². The van der Waals surface area contributed by atoms with Gasteiger partial charge in [0.15, 0.2) is 23.1 Å². The van der Waals surface area contributed by atoms with Gasteiger partial charge in [-0.25, -0.2) is 8.78 Å². The van der Waals surface area contributed by atoms with Crippen LogP contribution in [0.5, 0.6) is 23.0 Å². The van der Waals surface area contributed by atoms with Crippen LogP contribution in [0.15, 0.2) is 66.9 Å². The number of halogens is 2. The molecular formula is C35H33F2N3O6S2. The Hall–Kier alpha value is -4.36. The van der Waals surface area contributed by atoms with Crippen molar-refractivity contribution in [3.8, 4) is 23.0 Å². The highest BCUT2D eigenvalue weighted by Gasteiger charge is 2.56. The molecule has 13 heteroatoms. The number of nitrogens with zero attached hydrogens (tertiary/aromatic N) is 1. The number of hydrogen-bond donors (Lipinski definition) is 2. The molecule has 2 aliphatic rings. The third-order valence-corrected chi connectivity index (χ3v) is 11.2. The molecular weight excluding hydrogens is 661 g/mol. The van der Waals surface area contributed by atoms with Crippen LogP contribution in [0.4, 0.5) is 20.2 Å². The first-order chi connectivity index (χ1) is 23.2. The summed E-state index contributed by atoms with van der Waals surface area (Å²) in [5, 5.41) is 6.43. The number of fused-ring (bicyclic) bond motifs is 1. The molecule has 3 aromatic carbocycles. The van der Waals surface area contributed by atoms with E-state index < -0.39 is 28.9 Å². The summed E-state index contributed by atoms with van der Waals surface area (Å²) in [5.41, 5.74) is -0.333. The zero-order valence-electron chi connectivity index (χ0n) is 26.1. The fraction of sp³-hybridized carbons (Fsp3) is 0.314. The SMILES string of the molecule is COc1cc2c(Oc3ccc(NC(=O)C4(C(=O)Nc5ccc(F)cc5)CC4)cc3F)ccnc2cc1OC(=O)CCCCC1CCSS1. The van der Waals surface area contributed by atoms with E-state index in [1.807, 2.05) is 21.6 Å². The fourth-order valence-electron chi connectivity index (χ4n) is 5.33. The number of carbonyl (C=O) groups is 3. The first-order valence-corrected chi connectivity index (χ1v) is 17.9. The molecule has 250 valence electrons. The highest BCUT2D eigenvalue weighted by molar-refractivity contribution is 8.77. The number of benzene rings is 3. The van der Waals surface area contributed by atoms with E-state index in [4.69, 9.17) is 14.2 Å². The Morgan fingerprint density at radius 3 is 2.33 bits per heavy atom. The molecule has 2 amide bonds. The van der Waals surface area contributed by atoms with E-state index in [1.54, 1.807) is 18.2 Å². The number of aromatic nitrogens is 1. The van der Waals surface area contributed by atoms with Crippen LogP contribution >= 0.6 is 21.6 Å². The predicted octanol–water partition coefficient (Wildman–Crippen LogP) is 8.29. The normalized spacial score (nSPS) is 16.3. The fourth-order valence-corrected chi connectivity index (χ4v) is 8.36. The molecule has 1 aromatic heterocycles. The van der Waals surface area contributed by atoms with Crippen molar-refractivity contribution in [2.45, 2.75) is 50.2 Å². The minimum Gasteiger partial charge on any atom is -0.493 e. The highest BCUT2D eigenvalue weighted by atomic mass is 33.1. The number of ether oxygens (including phenoxy) is 3. The van der Waals surface area contributed by atoms with Crippen LogP contribution in [0.25, 0.3) is 10.9 Å². The number of nitrogens with one attached hydrogen (secondary N) is 2. The van der Waals surface area contributed by atoms with Gasteiger partial charge in [0.1, 0.15) is 17.0 Å². The Balaban J connectivity index is 1.09. The molecule has 0 bridgehead atoms. The van der Waals surface area contributed by atoms with Gasteiger partial charge in [0.05, 0.1) is 12.6 Å². The van der Waals surface area contributed by atoms with Crippen LogP contribution in [-0.2, 0) is 14.4 Å². The van der Waals surface area contributed by atoms with E-state index in [9.17, 15) is 18.8 Å². The minimum absolute atomic E-state index is 0.111. The number of amides is 2. The largest absolute Gasteiger partial charge is 0.493 e. The Bertz CT molecular complexity index is 1830. The highest BCUT2D eigenvalue weighted by Crippen LogP contribution is 2.48. The lowest BCUT2D eigenvalue weighted by molar-refractivity contribution is -0.135. The Kier molecular flexibility index (Phi) is 10.4. The van der Waals surface area contributed by atoms with Crippen molar-refractivity contribution < 1.29 is 37.4 Å². The van der Waals surface area contributed by atoms with Gasteiger partial charge >= 0.3 is 5.97 Å². The maximum absolute atomic E-state index is 15.3. The first kappa shape index (κ1) is 33.5. The van der Waals surface area contributed by atoms with Crippen molar-refractivity contribution in [2.24, 2.45) is 5.41 Å². The van der Waals surface area contributed by atoms with Gasteiger partial charge < -0.3 is 24.8 Å². The summed E-state index contributed by atoms with van der Waals surface area (Å²) in [4.78, 5) is 42.9. The molecule has 48 heavy (non-hydrogen) atoms. The van der Waals surface area contributed by atoms with Gasteiger partial charge in [0.2, 0.25) is 11.8 Å². The number of pyridine rings is 1.